The summed E-state index contributed by atoms with van der Waals surface area (Å²) >= 11 is 5.91. The van der Waals surface area contributed by atoms with Crippen molar-refractivity contribution in [1.82, 2.24) is 15.0 Å². The number of nitrogens with zero attached hydrogens (tertiary/aromatic N) is 3. The van der Waals surface area contributed by atoms with Crippen LogP contribution in [0.15, 0.2) is 18.2 Å². The zero-order valence-electron chi connectivity index (χ0n) is 9.24. The van der Waals surface area contributed by atoms with Crippen molar-refractivity contribution < 1.29 is 0 Å². The lowest BCUT2D eigenvalue weighted by molar-refractivity contribution is 0.778. The van der Waals surface area contributed by atoms with Gasteiger partial charge in [-0.05, 0) is 37.6 Å². The molecular weight excluding hydrogens is 224 g/mol. The Morgan fingerprint density at radius 1 is 1.38 bits per heavy atom. The number of benzene rings is 1. The van der Waals surface area contributed by atoms with E-state index in [9.17, 15) is 0 Å². The number of hydrogen-bond donors (Lipinski definition) is 1. The summed E-state index contributed by atoms with van der Waals surface area (Å²) in [5.74, 6) is 0. The predicted molar refractivity (Wildman–Crippen MR) is 63.7 cm³/mol. The second kappa shape index (κ2) is 4.23. The molecule has 1 aromatic heterocycles. The Morgan fingerprint density at radius 2 is 2.12 bits per heavy atom. The third-order valence-electron chi connectivity index (χ3n) is 2.57. The van der Waals surface area contributed by atoms with Crippen LogP contribution in [0.5, 0.6) is 0 Å². The Balaban J connectivity index is 2.54. The van der Waals surface area contributed by atoms with Crippen molar-refractivity contribution in [1.29, 1.82) is 0 Å². The highest BCUT2D eigenvalue weighted by Crippen LogP contribution is 2.20. The van der Waals surface area contributed by atoms with Crippen molar-refractivity contribution in [2.75, 3.05) is 0 Å². The van der Waals surface area contributed by atoms with Gasteiger partial charge in [0.25, 0.3) is 0 Å². The molecule has 4 nitrogen and oxygen atoms in total. The largest absolute Gasteiger partial charge is 0.325 e. The van der Waals surface area contributed by atoms with Crippen molar-refractivity contribution in [2.45, 2.75) is 20.4 Å². The Bertz CT molecular complexity index is 519. The van der Waals surface area contributed by atoms with Gasteiger partial charge in [0.15, 0.2) is 0 Å². The van der Waals surface area contributed by atoms with Crippen LogP contribution in [0.2, 0.25) is 5.02 Å². The summed E-state index contributed by atoms with van der Waals surface area (Å²) in [6, 6.07) is 5.67. The van der Waals surface area contributed by atoms with Gasteiger partial charge < -0.3 is 5.73 Å². The molecule has 1 heterocycles. The maximum Gasteiger partial charge on any atom is 0.0996 e. The highest BCUT2D eigenvalue weighted by molar-refractivity contribution is 6.30. The monoisotopic (exact) mass is 236 g/mol. The van der Waals surface area contributed by atoms with Crippen molar-refractivity contribution in [3.63, 3.8) is 0 Å². The molecule has 0 radical (unpaired) electrons. The molecule has 0 saturated heterocycles. The molecule has 0 aliphatic heterocycles. The fraction of sp³-hybridized carbons (Fsp3) is 0.273. The first kappa shape index (κ1) is 11.1. The Labute approximate surface area is 99.0 Å². The third kappa shape index (κ3) is 1.81. The van der Waals surface area contributed by atoms with Gasteiger partial charge in [-0.25, -0.2) is 4.68 Å². The molecule has 5 heteroatoms. The Morgan fingerprint density at radius 3 is 2.69 bits per heavy atom. The Kier molecular flexibility index (Phi) is 2.94. The van der Waals surface area contributed by atoms with E-state index in [0.29, 0.717) is 6.54 Å². The van der Waals surface area contributed by atoms with Crippen LogP contribution in [0.1, 0.15) is 17.0 Å². The molecule has 16 heavy (non-hydrogen) atoms. The summed E-state index contributed by atoms with van der Waals surface area (Å²) < 4.78 is 1.79. The van der Waals surface area contributed by atoms with Crippen LogP contribution < -0.4 is 5.73 Å². The van der Waals surface area contributed by atoms with Gasteiger partial charge in [0.05, 0.1) is 17.1 Å². The second-order valence-corrected chi connectivity index (χ2v) is 4.10. The fourth-order valence-corrected chi connectivity index (χ4v) is 1.86. The van der Waals surface area contributed by atoms with E-state index < -0.39 is 0 Å². The summed E-state index contributed by atoms with van der Waals surface area (Å²) in [7, 11) is 0. The standard InChI is InChI=1S/C11H13ClN4/c1-7-5-9(12)3-4-11(7)16-8(2)10(6-13)14-15-16/h3-5H,6,13H2,1-2H3. The first-order valence-electron chi connectivity index (χ1n) is 5.01. The van der Waals surface area contributed by atoms with Crippen molar-refractivity contribution in [3.05, 3.63) is 40.2 Å². The molecule has 0 bridgehead atoms. The molecule has 0 amide bonds. The van der Waals surface area contributed by atoms with Crippen LogP contribution in [-0.2, 0) is 6.54 Å². The van der Waals surface area contributed by atoms with Gasteiger partial charge in [-0.2, -0.15) is 0 Å². The van der Waals surface area contributed by atoms with E-state index in [2.05, 4.69) is 10.3 Å². The zero-order valence-corrected chi connectivity index (χ0v) is 9.99. The van der Waals surface area contributed by atoms with Crippen molar-refractivity contribution in [3.8, 4) is 5.69 Å². The summed E-state index contributed by atoms with van der Waals surface area (Å²) in [5.41, 5.74) is 9.39. The minimum atomic E-state index is 0.401. The normalized spacial score (nSPS) is 10.8. The maximum absolute atomic E-state index is 5.91. The van der Waals surface area contributed by atoms with Gasteiger partial charge in [-0.3, -0.25) is 0 Å². The van der Waals surface area contributed by atoms with Gasteiger partial charge in [-0.1, -0.05) is 16.8 Å². The van der Waals surface area contributed by atoms with Crippen LogP contribution in [0, 0.1) is 13.8 Å². The first-order valence-corrected chi connectivity index (χ1v) is 5.39. The topological polar surface area (TPSA) is 56.7 Å². The number of halogens is 1. The predicted octanol–water partition coefficient (Wildman–Crippen LogP) is 2.00. The Hall–Kier alpha value is -1.39. The number of hydrogen-bond acceptors (Lipinski definition) is 3. The van der Waals surface area contributed by atoms with E-state index in [1.165, 1.54) is 0 Å². The van der Waals surface area contributed by atoms with Crippen LogP contribution in [-0.4, -0.2) is 15.0 Å². The summed E-state index contributed by atoms with van der Waals surface area (Å²) in [4.78, 5) is 0. The molecule has 0 unspecified atom stereocenters. The lowest BCUT2D eigenvalue weighted by Crippen LogP contribution is -2.03. The molecule has 84 valence electrons. The minimum absolute atomic E-state index is 0.401. The molecule has 1 aromatic carbocycles. The number of rotatable bonds is 2. The molecule has 0 aliphatic carbocycles. The van der Waals surface area contributed by atoms with Crippen LogP contribution in [0.4, 0.5) is 0 Å². The molecule has 0 fully saturated rings. The highest BCUT2D eigenvalue weighted by atomic mass is 35.5. The van der Waals surface area contributed by atoms with E-state index in [-0.39, 0.29) is 0 Å². The third-order valence-corrected chi connectivity index (χ3v) is 2.81. The van der Waals surface area contributed by atoms with E-state index in [4.69, 9.17) is 17.3 Å². The molecule has 2 aromatic rings. The van der Waals surface area contributed by atoms with E-state index in [1.807, 2.05) is 32.0 Å². The van der Waals surface area contributed by atoms with E-state index in [0.717, 1.165) is 27.7 Å². The molecule has 2 rings (SSSR count). The van der Waals surface area contributed by atoms with Gasteiger partial charge in [0.1, 0.15) is 0 Å². The summed E-state index contributed by atoms with van der Waals surface area (Å²) in [5, 5.41) is 8.84. The van der Waals surface area contributed by atoms with Gasteiger partial charge in [0, 0.05) is 11.6 Å². The average molecular weight is 237 g/mol. The number of aryl methyl sites for hydroxylation is 1. The number of nitrogens with two attached hydrogens (primary N) is 1. The minimum Gasteiger partial charge on any atom is -0.325 e. The quantitative estimate of drug-likeness (QED) is 0.868. The van der Waals surface area contributed by atoms with Crippen molar-refractivity contribution in [2.24, 2.45) is 5.73 Å². The SMILES string of the molecule is Cc1cc(Cl)ccc1-n1nnc(CN)c1C. The van der Waals surface area contributed by atoms with Gasteiger partial charge in [0.2, 0.25) is 0 Å². The van der Waals surface area contributed by atoms with Crippen LogP contribution in [0.25, 0.3) is 5.69 Å². The molecule has 0 saturated carbocycles. The molecule has 0 spiro atoms. The highest BCUT2D eigenvalue weighted by Gasteiger charge is 2.10. The van der Waals surface area contributed by atoms with Crippen molar-refractivity contribution >= 4 is 11.6 Å². The maximum atomic E-state index is 5.91. The molecule has 2 N–H and O–H groups in total. The summed E-state index contributed by atoms with van der Waals surface area (Å²) in [6.07, 6.45) is 0. The lowest BCUT2D eigenvalue weighted by Gasteiger charge is -2.07. The average Bonchev–Trinajstić information content (AvgIpc) is 2.60. The zero-order chi connectivity index (χ0) is 11.7. The smallest absolute Gasteiger partial charge is 0.0996 e. The van der Waals surface area contributed by atoms with E-state index in [1.54, 1.807) is 4.68 Å². The van der Waals surface area contributed by atoms with Gasteiger partial charge >= 0.3 is 0 Å². The van der Waals surface area contributed by atoms with E-state index >= 15 is 0 Å². The summed E-state index contributed by atoms with van der Waals surface area (Å²) in [6.45, 7) is 4.35. The fourth-order valence-electron chi connectivity index (χ4n) is 1.63. The lowest BCUT2D eigenvalue weighted by atomic mass is 10.2. The molecule has 0 atom stereocenters. The first-order chi connectivity index (χ1) is 7.63. The molecular formula is C11H13ClN4. The second-order valence-electron chi connectivity index (χ2n) is 3.67. The van der Waals surface area contributed by atoms with Gasteiger partial charge in [-0.15, -0.1) is 5.10 Å². The number of aromatic nitrogens is 3. The van der Waals surface area contributed by atoms with Crippen LogP contribution in [0.3, 0.4) is 0 Å². The van der Waals surface area contributed by atoms with Crippen LogP contribution >= 0.6 is 11.6 Å². The molecule has 0 aliphatic rings.